The topological polar surface area (TPSA) is 43.8 Å². The summed E-state index contributed by atoms with van der Waals surface area (Å²) in [5.41, 5.74) is 1.21. The summed E-state index contributed by atoms with van der Waals surface area (Å²) in [6.07, 6.45) is 3.57. The van der Waals surface area contributed by atoms with Gasteiger partial charge in [0.25, 0.3) is 0 Å². The Kier molecular flexibility index (Phi) is 5.13. The van der Waals surface area contributed by atoms with Crippen LogP contribution in [0.1, 0.15) is 10.4 Å². The van der Waals surface area contributed by atoms with Crippen LogP contribution in [0.25, 0.3) is 6.08 Å². The van der Waals surface area contributed by atoms with E-state index in [1.165, 1.54) is 5.56 Å². The van der Waals surface area contributed by atoms with E-state index in [-0.39, 0.29) is 12.5 Å². The predicted octanol–water partition coefficient (Wildman–Crippen LogP) is 1.21. The zero-order valence-electron chi connectivity index (χ0n) is 11.2. The molecule has 5 heteroatoms. The molecule has 1 aliphatic rings. The second-order valence-electron chi connectivity index (χ2n) is 4.69. The van der Waals surface area contributed by atoms with Crippen LogP contribution in [-0.4, -0.2) is 60.1 Å². The fourth-order valence-corrected chi connectivity index (χ4v) is 2.96. The maximum atomic E-state index is 12.0. The summed E-state index contributed by atoms with van der Waals surface area (Å²) < 4.78 is 0. The van der Waals surface area contributed by atoms with Gasteiger partial charge in [0.15, 0.2) is 0 Å². The van der Waals surface area contributed by atoms with E-state index in [2.05, 4.69) is 11.0 Å². The average Bonchev–Trinajstić information content (AvgIpc) is 2.83. The maximum Gasteiger partial charge on any atom is 0.246 e. The Labute approximate surface area is 118 Å². The van der Waals surface area contributed by atoms with Crippen molar-refractivity contribution in [1.29, 1.82) is 0 Å². The van der Waals surface area contributed by atoms with Crippen molar-refractivity contribution in [2.75, 3.05) is 39.3 Å². The molecule has 1 N–H and O–H groups in total. The summed E-state index contributed by atoms with van der Waals surface area (Å²) in [7, 11) is 0. The molecule has 1 aliphatic heterocycles. The number of carbonyl (C=O) groups is 1. The predicted molar refractivity (Wildman–Crippen MR) is 78.2 cm³/mol. The molecule has 1 amide bonds. The van der Waals surface area contributed by atoms with Crippen LogP contribution >= 0.6 is 11.3 Å². The van der Waals surface area contributed by atoms with Crippen molar-refractivity contribution in [3.05, 3.63) is 28.0 Å². The molecule has 104 valence electrons. The highest BCUT2D eigenvalue weighted by molar-refractivity contribution is 7.11. The smallest absolute Gasteiger partial charge is 0.246 e. The number of rotatable bonds is 4. The SMILES string of the molecule is Cc1ccsc1/C=C/C(=O)N1CCN(CCO)CC1. The Morgan fingerprint density at radius 3 is 2.74 bits per heavy atom. The van der Waals surface area contributed by atoms with Gasteiger partial charge in [-0.25, -0.2) is 0 Å². The second kappa shape index (κ2) is 6.84. The second-order valence-corrected chi connectivity index (χ2v) is 5.64. The number of aliphatic hydroxyl groups excluding tert-OH is 1. The Bertz CT molecular complexity index is 448. The highest BCUT2D eigenvalue weighted by atomic mass is 32.1. The molecule has 0 atom stereocenters. The standard InChI is InChI=1S/C14H20N2O2S/c1-12-4-11-19-13(12)2-3-14(18)16-7-5-15(6-8-16)9-10-17/h2-4,11,17H,5-10H2,1H3/b3-2+. The first kappa shape index (κ1) is 14.2. The first-order chi connectivity index (χ1) is 9.20. The minimum atomic E-state index is 0.0800. The fraction of sp³-hybridized carbons (Fsp3) is 0.500. The molecule has 1 fully saturated rings. The van der Waals surface area contributed by atoms with E-state index in [4.69, 9.17) is 5.11 Å². The van der Waals surface area contributed by atoms with Crippen molar-refractivity contribution in [3.8, 4) is 0 Å². The average molecular weight is 280 g/mol. The molecule has 0 bridgehead atoms. The van der Waals surface area contributed by atoms with Crippen LogP contribution in [0.2, 0.25) is 0 Å². The van der Waals surface area contributed by atoms with Gasteiger partial charge < -0.3 is 10.0 Å². The summed E-state index contributed by atoms with van der Waals surface area (Å²) in [6, 6.07) is 2.06. The van der Waals surface area contributed by atoms with Gasteiger partial charge in [0.1, 0.15) is 0 Å². The van der Waals surface area contributed by atoms with E-state index < -0.39 is 0 Å². The van der Waals surface area contributed by atoms with E-state index in [9.17, 15) is 4.79 Å². The Hall–Kier alpha value is -1.17. The first-order valence-electron chi connectivity index (χ1n) is 6.55. The van der Waals surface area contributed by atoms with Crippen LogP contribution in [0.15, 0.2) is 17.5 Å². The van der Waals surface area contributed by atoms with Crippen LogP contribution in [-0.2, 0) is 4.79 Å². The van der Waals surface area contributed by atoms with E-state index >= 15 is 0 Å². The number of hydrogen-bond acceptors (Lipinski definition) is 4. The Morgan fingerprint density at radius 2 is 2.16 bits per heavy atom. The lowest BCUT2D eigenvalue weighted by Gasteiger charge is -2.33. The number of aliphatic hydroxyl groups is 1. The number of amides is 1. The molecule has 2 rings (SSSR count). The molecule has 1 aromatic rings. The quantitative estimate of drug-likeness (QED) is 0.843. The van der Waals surface area contributed by atoms with Crippen molar-refractivity contribution in [3.63, 3.8) is 0 Å². The van der Waals surface area contributed by atoms with Crippen molar-refractivity contribution < 1.29 is 9.90 Å². The van der Waals surface area contributed by atoms with E-state index in [1.807, 2.05) is 23.3 Å². The van der Waals surface area contributed by atoms with E-state index in [0.29, 0.717) is 6.54 Å². The normalized spacial score (nSPS) is 17.3. The lowest BCUT2D eigenvalue weighted by Crippen LogP contribution is -2.48. The monoisotopic (exact) mass is 280 g/mol. The summed E-state index contributed by atoms with van der Waals surface area (Å²) in [4.78, 5) is 17.2. The largest absolute Gasteiger partial charge is 0.395 e. The molecule has 0 unspecified atom stereocenters. The summed E-state index contributed by atoms with van der Waals surface area (Å²) in [5, 5.41) is 10.9. The molecule has 4 nitrogen and oxygen atoms in total. The van der Waals surface area contributed by atoms with Crippen molar-refractivity contribution >= 4 is 23.3 Å². The molecular formula is C14H20N2O2S. The third-order valence-corrected chi connectivity index (χ3v) is 4.36. The van der Waals surface area contributed by atoms with E-state index in [1.54, 1.807) is 17.4 Å². The van der Waals surface area contributed by atoms with E-state index in [0.717, 1.165) is 31.1 Å². The molecule has 0 spiro atoms. The van der Waals surface area contributed by atoms with Gasteiger partial charge >= 0.3 is 0 Å². The third-order valence-electron chi connectivity index (χ3n) is 3.38. The maximum absolute atomic E-state index is 12.0. The molecular weight excluding hydrogens is 260 g/mol. The van der Waals surface area contributed by atoms with Gasteiger partial charge in [-0.1, -0.05) is 0 Å². The van der Waals surface area contributed by atoms with Crippen LogP contribution in [0.3, 0.4) is 0 Å². The van der Waals surface area contributed by atoms with Gasteiger partial charge in [0.2, 0.25) is 5.91 Å². The summed E-state index contributed by atoms with van der Waals surface area (Å²) in [5.74, 6) is 0.0800. The number of aryl methyl sites for hydroxylation is 1. The summed E-state index contributed by atoms with van der Waals surface area (Å²) >= 11 is 1.65. The Balaban J connectivity index is 1.85. The molecule has 2 heterocycles. The van der Waals surface area contributed by atoms with Crippen LogP contribution in [0.4, 0.5) is 0 Å². The van der Waals surface area contributed by atoms with Crippen molar-refractivity contribution in [1.82, 2.24) is 9.80 Å². The molecule has 0 aliphatic carbocycles. The minimum Gasteiger partial charge on any atom is -0.395 e. The number of carbonyl (C=O) groups excluding carboxylic acids is 1. The molecule has 0 aromatic carbocycles. The molecule has 19 heavy (non-hydrogen) atoms. The lowest BCUT2D eigenvalue weighted by atomic mass is 10.2. The number of piperazine rings is 1. The lowest BCUT2D eigenvalue weighted by molar-refractivity contribution is -0.127. The molecule has 0 saturated carbocycles. The van der Waals surface area contributed by atoms with Gasteiger partial charge in [0.05, 0.1) is 6.61 Å². The number of thiophene rings is 1. The number of β-amino-alcohol motifs (C(OH)–C–C–N with tert-alkyl or cyclic N) is 1. The first-order valence-corrected chi connectivity index (χ1v) is 7.43. The van der Waals surface area contributed by atoms with Gasteiger partial charge in [-0.2, -0.15) is 0 Å². The highest BCUT2D eigenvalue weighted by Crippen LogP contribution is 2.17. The highest BCUT2D eigenvalue weighted by Gasteiger charge is 2.18. The third kappa shape index (κ3) is 3.89. The zero-order valence-corrected chi connectivity index (χ0v) is 12.0. The van der Waals surface area contributed by atoms with Crippen LogP contribution in [0.5, 0.6) is 0 Å². The fourth-order valence-electron chi connectivity index (χ4n) is 2.14. The van der Waals surface area contributed by atoms with Crippen molar-refractivity contribution in [2.24, 2.45) is 0 Å². The number of nitrogens with zero attached hydrogens (tertiary/aromatic N) is 2. The molecule has 1 saturated heterocycles. The minimum absolute atomic E-state index is 0.0800. The van der Waals surface area contributed by atoms with Crippen LogP contribution in [0, 0.1) is 6.92 Å². The van der Waals surface area contributed by atoms with Crippen LogP contribution < -0.4 is 0 Å². The molecule has 0 radical (unpaired) electrons. The zero-order chi connectivity index (χ0) is 13.7. The van der Waals surface area contributed by atoms with Gasteiger partial charge in [-0.3, -0.25) is 9.69 Å². The van der Waals surface area contributed by atoms with Gasteiger partial charge in [-0.05, 0) is 30.0 Å². The Morgan fingerprint density at radius 1 is 1.42 bits per heavy atom. The summed E-state index contributed by atoms with van der Waals surface area (Å²) in [6.45, 7) is 6.11. The van der Waals surface area contributed by atoms with Gasteiger partial charge in [-0.15, -0.1) is 11.3 Å². The van der Waals surface area contributed by atoms with Gasteiger partial charge in [0, 0.05) is 43.7 Å². The van der Waals surface area contributed by atoms with Crippen molar-refractivity contribution in [2.45, 2.75) is 6.92 Å². The molecule has 1 aromatic heterocycles. The number of hydrogen-bond donors (Lipinski definition) is 1.